The molecule has 1 aromatic heterocycles. The Morgan fingerprint density at radius 3 is 2.54 bits per heavy atom. The zero-order chi connectivity index (χ0) is 19.3. The van der Waals surface area contributed by atoms with Crippen LogP contribution in [0.3, 0.4) is 0 Å². The smallest absolute Gasteiger partial charge is 0.338 e. The minimum absolute atomic E-state index is 0.0290. The molecule has 8 heteroatoms. The predicted molar refractivity (Wildman–Crippen MR) is 95.7 cm³/mol. The number of fused-ring (bicyclic) bond motifs is 1. The molecule has 0 aliphatic carbocycles. The summed E-state index contributed by atoms with van der Waals surface area (Å²) in [6.45, 7) is 8.83. The van der Waals surface area contributed by atoms with Crippen LogP contribution in [-0.4, -0.2) is 35.6 Å². The second-order valence-corrected chi connectivity index (χ2v) is 5.71. The Bertz CT molecular complexity index is 841. The van der Waals surface area contributed by atoms with Gasteiger partial charge in [-0.15, -0.1) is 0 Å². The molecule has 0 spiro atoms. The van der Waals surface area contributed by atoms with Crippen molar-refractivity contribution in [1.82, 2.24) is 15.2 Å². The molecule has 26 heavy (non-hydrogen) atoms. The summed E-state index contributed by atoms with van der Waals surface area (Å²) in [5.74, 6) is 0.0185. The number of imidazole rings is 1. The van der Waals surface area contributed by atoms with E-state index in [9.17, 15) is 14.4 Å². The summed E-state index contributed by atoms with van der Waals surface area (Å²) in [6.07, 6.45) is 0. The summed E-state index contributed by atoms with van der Waals surface area (Å²) >= 11 is 0. The number of carbonyl (C=O) groups is 3. The highest BCUT2D eigenvalue weighted by molar-refractivity contribution is 5.95. The number of urea groups is 1. The third-order valence-electron chi connectivity index (χ3n) is 4.06. The molecule has 0 radical (unpaired) electrons. The SMILES string of the molecule is CCNC(=O)NC(=O)Cn1c(C)[n+](CC)c2ccc(C(=O)OCC)cc21. The molecule has 0 bridgehead atoms. The molecule has 0 unspecified atom stereocenters. The van der Waals surface area contributed by atoms with Crippen molar-refractivity contribution in [3.63, 3.8) is 0 Å². The highest BCUT2D eigenvalue weighted by Crippen LogP contribution is 2.17. The first-order chi connectivity index (χ1) is 12.4. The second-order valence-electron chi connectivity index (χ2n) is 5.71. The lowest BCUT2D eigenvalue weighted by Crippen LogP contribution is -2.41. The normalized spacial score (nSPS) is 10.6. The van der Waals surface area contributed by atoms with Crippen LogP contribution in [0.15, 0.2) is 18.2 Å². The minimum atomic E-state index is -0.526. The standard InChI is InChI=1S/C18H24N4O4/c1-5-19-18(25)20-16(23)11-22-12(4)21(6-2)14-9-8-13(10-15(14)22)17(24)26-7-3/h8-10H,5-7,11H2,1-4H3,(H-,19,20,23,25)/p+1. The summed E-state index contributed by atoms with van der Waals surface area (Å²) in [5, 5.41) is 4.82. The van der Waals surface area contributed by atoms with Gasteiger partial charge >= 0.3 is 12.0 Å². The Labute approximate surface area is 152 Å². The Kier molecular flexibility index (Phi) is 6.32. The number of carbonyl (C=O) groups excluding carboxylic acids is 3. The van der Waals surface area contributed by atoms with E-state index < -0.39 is 17.9 Å². The number of hydrogen-bond acceptors (Lipinski definition) is 4. The van der Waals surface area contributed by atoms with E-state index in [1.165, 1.54) is 0 Å². The maximum absolute atomic E-state index is 12.2. The van der Waals surface area contributed by atoms with Gasteiger partial charge in [0, 0.05) is 19.5 Å². The van der Waals surface area contributed by atoms with Crippen molar-refractivity contribution in [2.75, 3.05) is 13.2 Å². The summed E-state index contributed by atoms with van der Waals surface area (Å²) in [7, 11) is 0. The molecule has 140 valence electrons. The largest absolute Gasteiger partial charge is 0.462 e. The van der Waals surface area contributed by atoms with Crippen LogP contribution >= 0.6 is 0 Å². The molecule has 0 saturated carbocycles. The molecule has 8 nitrogen and oxygen atoms in total. The van der Waals surface area contributed by atoms with Crippen LogP contribution in [0, 0.1) is 6.92 Å². The van der Waals surface area contributed by atoms with Crippen molar-refractivity contribution in [3.05, 3.63) is 29.6 Å². The van der Waals surface area contributed by atoms with Crippen molar-refractivity contribution in [2.45, 2.75) is 40.8 Å². The van der Waals surface area contributed by atoms with Crippen molar-refractivity contribution in [2.24, 2.45) is 0 Å². The van der Waals surface area contributed by atoms with Crippen molar-refractivity contribution in [3.8, 4) is 0 Å². The zero-order valence-electron chi connectivity index (χ0n) is 15.6. The summed E-state index contributed by atoms with van der Waals surface area (Å²) in [6, 6.07) is 4.75. The topological polar surface area (TPSA) is 93.3 Å². The van der Waals surface area contributed by atoms with Gasteiger partial charge in [0.15, 0.2) is 17.6 Å². The molecule has 2 rings (SSSR count). The number of aryl methyl sites for hydroxylation is 1. The third-order valence-corrected chi connectivity index (χ3v) is 4.06. The second kappa shape index (κ2) is 8.46. The molecule has 1 aromatic carbocycles. The zero-order valence-corrected chi connectivity index (χ0v) is 15.6. The Balaban J connectivity index is 2.41. The first kappa shape index (κ1) is 19.4. The Morgan fingerprint density at radius 2 is 1.92 bits per heavy atom. The highest BCUT2D eigenvalue weighted by Gasteiger charge is 2.24. The molecule has 0 aliphatic rings. The maximum Gasteiger partial charge on any atom is 0.338 e. The van der Waals surface area contributed by atoms with Crippen LogP contribution in [0.5, 0.6) is 0 Å². The van der Waals surface area contributed by atoms with E-state index >= 15 is 0 Å². The van der Waals surface area contributed by atoms with Crippen LogP contribution in [0.1, 0.15) is 37.0 Å². The third kappa shape index (κ3) is 4.01. The van der Waals surface area contributed by atoms with E-state index in [1.807, 2.05) is 24.5 Å². The van der Waals surface area contributed by atoms with Gasteiger partial charge in [0.1, 0.15) is 0 Å². The predicted octanol–water partition coefficient (Wildman–Crippen LogP) is 1.28. The van der Waals surface area contributed by atoms with Gasteiger partial charge in [-0.05, 0) is 32.9 Å². The van der Waals surface area contributed by atoms with Crippen molar-refractivity contribution < 1.29 is 23.7 Å². The number of esters is 1. The molecular weight excluding hydrogens is 336 g/mol. The first-order valence-electron chi connectivity index (χ1n) is 8.70. The lowest BCUT2D eigenvalue weighted by Gasteiger charge is -2.04. The van der Waals surface area contributed by atoms with Gasteiger partial charge in [0.2, 0.25) is 0 Å². The Hall–Kier alpha value is -2.90. The lowest BCUT2D eigenvalue weighted by molar-refractivity contribution is -0.674. The molecule has 0 saturated heterocycles. The molecule has 0 aliphatic heterocycles. The number of imide groups is 1. The molecular formula is C18H25N4O4+. The fourth-order valence-electron chi connectivity index (χ4n) is 2.92. The van der Waals surface area contributed by atoms with Gasteiger partial charge in [0.25, 0.3) is 11.7 Å². The highest BCUT2D eigenvalue weighted by atomic mass is 16.5. The number of hydrogen-bond donors (Lipinski definition) is 2. The monoisotopic (exact) mass is 361 g/mol. The number of amides is 3. The molecule has 3 amide bonds. The summed E-state index contributed by atoms with van der Waals surface area (Å²) < 4.78 is 8.89. The van der Waals surface area contributed by atoms with Crippen molar-refractivity contribution in [1.29, 1.82) is 0 Å². The van der Waals surface area contributed by atoms with Crippen LogP contribution in [-0.2, 0) is 22.6 Å². The molecule has 2 N–H and O–H groups in total. The van der Waals surface area contributed by atoms with E-state index in [-0.39, 0.29) is 6.54 Å². The molecule has 0 fully saturated rings. The first-order valence-corrected chi connectivity index (χ1v) is 8.70. The number of benzene rings is 1. The lowest BCUT2D eigenvalue weighted by atomic mass is 10.2. The van der Waals surface area contributed by atoms with Gasteiger partial charge in [-0.3, -0.25) is 10.1 Å². The number of nitrogens with one attached hydrogen (secondary N) is 2. The van der Waals surface area contributed by atoms with E-state index in [2.05, 4.69) is 10.6 Å². The summed E-state index contributed by atoms with van der Waals surface area (Å²) in [5.41, 5.74) is 2.07. The van der Waals surface area contributed by atoms with Gasteiger partial charge in [-0.2, -0.15) is 0 Å². The molecule has 2 aromatic rings. The average molecular weight is 361 g/mol. The summed E-state index contributed by atoms with van der Waals surface area (Å²) in [4.78, 5) is 35.8. The van der Waals surface area contributed by atoms with Crippen LogP contribution < -0.4 is 15.2 Å². The van der Waals surface area contributed by atoms with Crippen molar-refractivity contribution >= 4 is 28.9 Å². The van der Waals surface area contributed by atoms with E-state index in [4.69, 9.17) is 4.74 Å². The maximum atomic E-state index is 12.2. The average Bonchev–Trinajstić information content (AvgIpc) is 2.86. The molecule has 0 atom stereocenters. The van der Waals surface area contributed by atoms with Gasteiger partial charge < -0.3 is 10.1 Å². The van der Waals surface area contributed by atoms with Gasteiger partial charge in [-0.25, -0.2) is 18.7 Å². The van der Waals surface area contributed by atoms with E-state index in [1.54, 1.807) is 30.5 Å². The Morgan fingerprint density at radius 1 is 1.19 bits per heavy atom. The molecule has 1 heterocycles. The van der Waals surface area contributed by atoms with E-state index in [0.29, 0.717) is 25.3 Å². The number of rotatable bonds is 6. The number of aromatic nitrogens is 2. The van der Waals surface area contributed by atoms with E-state index in [0.717, 1.165) is 16.9 Å². The van der Waals surface area contributed by atoms with Gasteiger partial charge in [-0.1, -0.05) is 0 Å². The van der Waals surface area contributed by atoms with Gasteiger partial charge in [0.05, 0.1) is 18.7 Å². The number of nitrogens with zero attached hydrogens (tertiary/aromatic N) is 2. The van der Waals surface area contributed by atoms with Crippen LogP contribution in [0.4, 0.5) is 4.79 Å². The number of ether oxygens (including phenoxy) is 1. The minimum Gasteiger partial charge on any atom is -0.462 e. The fourth-order valence-corrected chi connectivity index (χ4v) is 2.92. The van der Waals surface area contributed by atoms with Crippen LogP contribution in [0.2, 0.25) is 0 Å². The quantitative estimate of drug-likeness (QED) is 0.599. The van der Waals surface area contributed by atoms with Crippen LogP contribution in [0.25, 0.3) is 11.0 Å². The fraction of sp³-hybridized carbons (Fsp3) is 0.444.